The zero-order chi connectivity index (χ0) is 30.7. The van der Waals surface area contributed by atoms with Gasteiger partial charge in [0.25, 0.3) is 5.56 Å². The van der Waals surface area contributed by atoms with Crippen LogP contribution in [-0.2, 0) is 9.53 Å². The second-order valence-electron chi connectivity index (χ2n) is 9.89. The highest BCUT2D eigenvalue weighted by Crippen LogP contribution is 2.38. The third-order valence-corrected chi connectivity index (χ3v) is 8.19. The van der Waals surface area contributed by atoms with Crippen molar-refractivity contribution in [1.29, 1.82) is 0 Å². The molecule has 0 amide bonds. The molecular weight excluding hydrogens is 632 g/mol. The Kier molecular flexibility index (Phi) is 9.17. The van der Waals surface area contributed by atoms with Crippen LogP contribution in [0.25, 0.3) is 11.8 Å². The van der Waals surface area contributed by atoms with Gasteiger partial charge >= 0.3 is 5.97 Å². The average molecular weight is 664 g/mol. The van der Waals surface area contributed by atoms with Gasteiger partial charge in [-0.1, -0.05) is 63.7 Å². The zero-order valence-electron chi connectivity index (χ0n) is 24.4. The Labute approximate surface area is 261 Å². The number of thiazole rings is 1. The summed E-state index contributed by atoms with van der Waals surface area (Å²) in [4.78, 5) is 33.3. The maximum absolute atomic E-state index is 14.3. The van der Waals surface area contributed by atoms with Gasteiger partial charge in [0.1, 0.15) is 5.75 Å². The predicted molar refractivity (Wildman–Crippen MR) is 171 cm³/mol. The molecule has 0 saturated carbocycles. The van der Waals surface area contributed by atoms with Crippen molar-refractivity contribution in [2.24, 2.45) is 4.99 Å². The Morgan fingerprint density at radius 1 is 1.02 bits per heavy atom. The molecule has 1 atom stereocenters. The Bertz CT molecular complexity index is 1880. The first kappa shape index (κ1) is 30.3. The van der Waals surface area contributed by atoms with E-state index in [1.807, 2.05) is 68.4 Å². The minimum absolute atomic E-state index is 0.0554. The van der Waals surface area contributed by atoms with E-state index in [9.17, 15) is 9.59 Å². The van der Waals surface area contributed by atoms with Gasteiger partial charge in [-0.15, -0.1) is 0 Å². The highest BCUT2D eigenvalue weighted by molar-refractivity contribution is 9.10. The Morgan fingerprint density at radius 3 is 2.42 bits per heavy atom. The molecule has 1 aromatic heterocycles. The second kappa shape index (κ2) is 13.0. The molecule has 0 fully saturated rings. The molecule has 5 rings (SSSR count). The molecule has 1 aliphatic rings. The molecule has 222 valence electrons. The molecule has 1 aliphatic heterocycles. The molecule has 2 heterocycles. The van der Waals surface area contributed by atoms with E-state index < -0.39 is 12.0 Å². The standard InChI is InChI=1S/C33H31BrN2O6S/c1-6-41-32(38)28-29(20-10-8-7-9-11-20)35-33-36(30(28)21-12-14-25(39-4)26(17-21)40-5)31(37)27(43-33)18-22-16-23(34)13-15-24(22)42-19(2)3/h7-19,30H,6H2,1-5H3/b27-18+/t30-/m0/s1. The number of carbonyl (C=O) groups excluding carboxylic acids is 1. The number of aromatic nitrogens is 1. The second-order valence-corrected chi connectivity index (χ2v) is 11.8. The number of ether oxygens (including phenoxy) is 4. The number of esters is 1. The summed E-state index contributed by atoms with van der Waals surface area (Å²) in [5.41, 5.74) is 2.51. The van der Waals surface area contributed by atoms with Gasteiger partial charge in [-0.25, -0.2) is 9.79 Å². The minimum atomic E-state index is -0.846. The van der Waals surface area contributed by atoms with Gasteiger partial charge in [0.15, 0.2) is 16.3 Å². The number of benzene rings is 3. The monoisotopic (exact) mass is 662 g/mol. The summed E-state index contributed by atoms with van der Waals surface area (Å²) in [6, 6.07) is 19.6. The van der Waals surface area contributed by atoms with Gasteiger partial charge in [-0.05, 0) is 62.7 Å². The fourth-order valence-electron chi connectivity index (χ4n) is 4.91. The molecule has 0 bridgehead atoms. The van der Waals surface area contributed by atoms with Crippen LogP contribution in [0.1, 0.15) is 43.5 Å². The molecule has 0 unspecified atom stereocenters. The zero-order valence-corrected chi connectivity index (χ0v) is 26.8. The maximum Gasteiger partial charge on any atom is 0.338 e. The first-order chi connectivity index (χ1) is 20.7. The van der Waals surface area contributed by atoms with Gasteiger partial charge in [-0.3, -0.25) is 9.36 Å². The van der Waals surface area contributed by atoms with Crippen molar-refractivity contribution in [2.45, 2.75) is 32.9 Å². The number of fused-ring (bicyclic) bond motifs is 1. The Morgan fingerprint density at radius 2 is 1.74 bits per heavy atom. The van der Waals surface area contributed by atoms with E-state index in [1.165, 1.54) is 11.3 Å². The van der Waals surface area contributed by atoms with Crippen molar-refractivity contribution in [3.63, 3.8) is 0 Å². The quantitative estimate of drug-likeness (QED) is 0.220. The van der Waals surface area contributed by atoms with Crippen molar-refractivity contribution < 1.29 is 23.7 Å². The summed E-state index contributed by atoms with van der Waals surface area (Å²) < 4.78 is 25.5. The normalized spacial score (nSPS) is 14.8. The third kappa shape index (κ3) is 6.16. The Balaban J connectivity index is 1.84. The number of halogens is 1. The fourth-order valence-corrected chi connectivity index (χ4v) is 6.28. The van der Waals surface area contributed by atoms with Gasteiger partial charge < -0.3 is 18.9 Å². The van der Waals surface area contributed by atoms with Gasteiger partial charge in [-0.2, -0.15) is 0 Å². The molecule has 0 saturated heterocycles. The molecule has 0 radical (unpaired) electrons. The van der Waals surface area contributed by atoms with Crippen LogP contribution in [0.3, 0.4) is 0 Å². The number of carbonyl (C=O) groups is 1. The van der Waals surface area contributed by atoms with Crippen molar-refractivity contribution in [2.75, 3.05) is 20.8 Å². The summed E-state index contributed by atoms with van der Waals surface area (Å²) in [7, 11) is 3.09. The minimum Gasteiger partial charge on any atom is -0.493 e. The molecule has 43 heavy (non-hydrogen) atoms. The molecular formula is C33H31BrN2O6S. The molecule has 8 nitrogen and oxygen atoms in total. The highest BCUT2D eigenvalue weighted by Gasteiger charge is 2.35. The molecule has 0 N–H and O–H groups in total. The number of hydrogen-bond donors (Lipinski definition) is 0. The summed E-state index contributed by atoms with van der Waals surface area (Å²) in [6.07, 6.45) is 1.74. The Hall–Kier alpha value is -4.15. The van der Waals surface area contributed by atoms with E-state index >= 15 is 0 Å². The van der Waals surface area contributed by atoms with E-state index in [2.05, 4.69) is 15.9 Å². The van der Waals surface area contributed by atoms with E-state index in [4.69, 9.17) is 23.9 Å². The highest BCUT2D eigenvalue weighted by atomic mass is 79.9. The number of methoxy groups -OCH3 is 2. The average Bonchev–Trinajstić information content (AvgIpc) is 3.31. The summed E-state index contributed by atoms with van der Waals surface area (Å²) >= 11 is 4.78. The molecule has 0 aliphatic carbocycles. The lowest BCUT2D eigenvalue weighted by Crippen LogP contribution is -2.40. The summed E-state index contributed by atoms with van der Waals surface area (Å²) in [5.74, 6) is 1.08. The van der Waals surface area contributed by atoms with Gasteiger partial charge in [0.2, 0.25) is 0 Å². The van der Waals surface area contributed by atoms with E-state index in [-0.39, 0.29) is 23.8 Å². The number of rotatable bonds is 9. The van der Waals surface area contributed by atoms with Crippen LogP contribution >= 0.6 is 27.3 Å². The molecule has 10 heteroatoms. The summed E-state index contributed by atoms with van der Waals surface area (Å²) in [5, 5.41) is 0. The predicted octanol–water partition coefficient (Wildman–Crippen LogP) is 5.50. The largest absolute Gasteiger partial charge is 0.493 e. The van der Waals surface area contributed by atoms with Crippen LogP contribution in [0.4, 0.5) is 0 Å². The van der Waals surface area contributed by atoms with Crippen LogP contribution < -0.4 is 29.1 Å². The van der Waals surface area contributed by atoms with Gasteiger partial charge in [0, 0.05) is 15.6 Å². The summed E-state index contributed by atoms with van der Waals surface area (Å²) in [6.45, 7) is 5.81. The van der Waals surface area contributed by atoms with Crippen LogP contribution in [-0.4, -0.2) is 37.5 Å². The lowest BCUT2D eigenvalue weighted by Gasteiger charge is -2.26. The van der Waals surface area contributed by atoms with Gasteiger partial charge in [0.05, 0.1) is 48.8 Å². The molecule has 4 aromatic rings. The van der Waals surface area contributed by atoms with Crippen molar-refractivity contribution >= 4 is 45.0 Å². The SMILES string of the molecule is CCOC(=O)C1=C(c2ccccc2)N=c2s/c(=C/c3cc(Br)ccc3OC(C)C)c(=O)n2[C@H]1c1ccc(OC)c(OC)c1. The first-order valence-electron chi connectivity index (χ1n) is 13.7. The van der Waals surface area contributed by atoms with Crippen LogP contribution in [0.15, 0.2) is 86.6 Å². The fraction of sp³-hybridized carbons (Fsp3) is 0.242. The van der Waals surface area contributed by atoms with E-state index in [0.29, 0.717) is 37.8 Å². The van der Waals surface area contributed by atoms with Crippen molar-refractivity contribution in [3.8, 4) is 17.2 Å². The molecule has 0 spiro atoms. The number of hydrogen-bond acceptors (Lipinski definition) is 8. The third-order valence-electron chi connectivity index (χ3n) is 6.72. The van der Waals surface area contributed by atoms with Crippen LogP contribution in [0.5, 0.6) is 17.2 Å². The lowest BCUT2D eigenvalue weighted by molar-refractivity contribution is -0.138. The smallest absolute Gasteiger partial charge is 0.338 e. The lowest BCUT2D eigenvalue weighted by atomic mass is 9.93. The van der Waals surface area contributed by atoms with Crippen LogP contribution in [0.2, 0.25) is 0 Å². The van der Waals surface area contributed by atoms with E-state index in [1.54, 1.807) is 43.9 Å². The topological polar surface area (TPSA) is 88.4 Å². The maximum atomic E-state index is 14.3. The first-order valence-corrected chi connectivity index (χ1v) is 15.3. The van der Waals surface area contributed by atoms with Crippen molar-refractivity contribution in [1.82, 2.24) is 4.57 Å². The van der Waals surface area contributed by atoms with Crippen molar-refractivity contribution in [3.05, 3.63) is 113 Å². The number of nitrogens with zero attached hydrogens (tertiary/aromatic N) is 2. The molecule has 3 aromatic carbocycles. The van der Waals surface area contributed by atoms with E-state index in [0.717, 1.165) is 15.6 Å². The van der Waals surface area contributed by atoms with Crippen LogP contribution in [0, 0.1) is 0 Å².